The third-order valence-corrected chi connectivity index (χ3v) is 3.42. The van der Waals surface area contributed by atoms with Gasteiger partial charge in [0.15, 0.2) is 0 Å². The summed E-state index contributed by atoms with van der Waals surface area (Å²) < 4.78 is 1.95. The monoisotopic (exact) mass is 536 g/mol. The first-order valence-corrected chi connectivity index (χ1v) is 7.82. The van der Waals surface area contributed by atoms with Crippen LogP contribution in [0.2, 0.25) is 0 Å². The number of hydrogen-bond acceptors (Lipinski definition) is 4. The van der Waals surface area contributed by atoms with Crippen molar-refractivity contribution in [3.63, 3.8) is 0 Å². The molecular formula is C20H15IrN4O2-. The normalized spacial score (nSPS) is 9.48. The van der Waals surface area contributed by atoms with E-state index in [0.29, 0.717) is 0 Å². The predicted molar refractivity (Wildman–Crippen MR) is 96.8 cm³/mol. The first-order chi connectivity index (χ1) is 12.8. The minimum absolute atomic E-state index is 0. The van der Waals surface area contributed by atoms with Crippen LogP contribution in [0, 0.1) is 6.07 Å². The number of benzene rings is 2. The van der Waals surface area contributed by atoms with E-state index in [2.05, 4.69) is 21.2 Å². The Bertz CT molecular complexity index is 907. The Kier molecular flexibility index (Phi) is 7.55. The Morgan fingerprint density at radius 1 is 0.963 bits per heavy atom. The van der Waals surface area contributed by atoms with E-state index in [1.54, 1.807) is 18.5 Å². The third-order valence-electron chi connectivity index (χ3n) is 3.42. The van der Waals surface area contributed by atoms with E-state index in [1.807, 2.05) is 59.2 Å². The summed E-state index contributed by atoms with van der Waals surface area (Å²) >= 11 is 0. The molecule has 0 saturated heterocycles. The van der Waals surface area contributed by atoms with Gasteiger partial charge in [-0.2, -0.15) is 5.10 Å². The van der Waals surface area contributed by atoms with Crippen LogP contribution >= 0.6 is 0 Å². The Balaban J connectivity index is 0.000000224. The SMILES string of the molecule is O=C(O)c1ccccn1.[Ir].[c-]1ccccc1-c1nncn1-c1ccccc1. The second-order valence-electron chi connectivity index (χ2n) is 5.16. The second kappa shape index (κ2) is 10.1. The predicted octanol–water partition coefficient (Wildman–Crippen LogP) is 3.51. The average Bonchev–Trinajstić information content (AvgIpc) is 3.20. The van der Waals surface area contributed by atoms with Crippen LogP contribution in [0.25, 0.3) is 17.1 Å². The van der Waals surface area contributed by atoms with Crippen LogP contribution in [0.15, 0.2) is 85.3 Å². The molecule has 6 nitrogen and oxygen atoms in total. The summed E-state index contributed by atoms with van der Waals surface area (Å²) in [7, 11) is 0. The molecule has 0 spiro atoms. The van der Waals surface area contributed by atoms with Crippen molar-refractivity contribution in [3.05, 3.63) is 97.1 Å². The summed E-state index contributed by atoms with van der Waals surface area (Å²) in [6.07, 6.45) is 3.16. The van der Waals surface area contributed by atoms with Crippen LogP contribution in [-0.4, -0.2) is 30.8 Å². The molecule has 2 aromatic carbocycles. The van der Waals surface area contributed by atoms with E-state index in [1.165, 1.54) is 12.3 Å². The maximum atomic E-state index is 10.1. The number of para-hydroxylation sites is 1. The maximum absolute atomic E-state index is 10.1. The van der Waals surface area contributed by atoms with E-state index in [9.17, 15) is 4.79 Å². The van der Waals surface area contributed by atoms with E-state index in [4.69, 9.17) is 5.11 Å². The largest absolute Gasteiger partial charge is 0.477 e. The molecular weight excluding hydrogens is 520 g/mol. The topological polar surface area (TPSA) is 80.9 Å². The van der Waals surface area contributed by atoms with Crippen molar-refractivity contribution in [3.8, 4) is 17.1 Å². The number of carboxylic acids is 1. The summed E-state index contributed by atoms with van der Waals surface area (Å²) in [5.41, 5.74) is 2.07. The van der Waals surface area contributed by atoms with Crippen molar-refractivity contribution in [1.29, 1.82) is 0 Å². The minimum Gasteiger partial charge on any atom is -0.477 e. The number of aromatic carboxylic acids is 1. The summed E-state index contributed by atoms with van der Waals surface area (Å²) in [5.74, 6) is -0.188. The zero-order chi connectivity index (χ0) is 18.2. The molecule has 0 atom stereocenters. The third kappa shape index (κ3) is 5.41. The quantitative estimate of drug-likeness (QED) is 0.406. The van der Waals surface area contributed by atoms with Crippen LogP contribution in [0.5, 0.6) is 0 Å². The molecule has 0 bridgehead atoms. The van der Waals surface area contributed by atoms with Gasteiger partial charge in [0.2, 0.25) is 0 Å². The zero-order valence-electron chi connectivity index (χ0n) is 14.1. The smallest absolute Gasteiger partial charge is 0.354 e. The van der Waals surface area contributed by atoms with Gasteiger partial charge in [-0.3, -0.25) is 0 Å². The van der Waals surface area contributed by atoms with E-state index < -0.39 is 5.97 Å². The van der Waals surface area contributed by atoms with Crippen molar-refractivity contribution in [2.45, 2.75) is 0 Å². The Hall–Kier alpha value is -3.15. The van der Waals surface area contributed by atoms with Gasteiger partial charge in [0.05, 0.1) is 5.82 Å². The molecule has 4 rings (SSSR count). The number of carboxylic acid groups (broad SMARTS) is 1. The van der Waals surface area contributed by atoms with Gasteiger partial charge in [-0.05, 0) is 24.3 Å². The number of aromatic nitrogens is 4. The van der Waals surface area contributed by atoms with Crippen molar-refractivity contribution < 1.29 is 30.0 Å². The van der Waals surface area contributed by atoms with Gasteiger partial charge in [0, 0.05) is 32.0 Å². The Morgan fingerprint density at radius 3 is 2.30 bits per heavy atom. The summed E-state index contributed by atoms with van der Waals surface area (Å²) in [6.45, 7) is 0. The van der Waals surface area contributed by atoms with Gasteiger partial charge in [-0.25, -0.2) is 9.78 Å². The molecule has 0 saturated carbocycles. The van der Waals surface area contributed by atoms with Gasteiger partial charge in [0.25, 0.3) is 0 Å². The standard InChI is InChI=1S/C14H10N3.C6H5NO2.Ir/c1-3-7-12(8-4-1)14-16-15-11-17(14)13-9-5-2-6-10-13;8-6(9)5-3-1-2-4-7-5;/h1-7,9-11H;1-4H,(H,8,9);/q-1;;. The van der Waals surface area contributed by atoms with E-state index >= 15 is 0 Å². The molecule has 0 aliphatic carbocycles. The van der Waals surface area contributed by atoms with Gasteiger partial charge in [-0.15, -0.1) is 41.0 Å². The van der Waals surface area contributed by atoms with Gasteiger partial charge < -0.3 is 9.67 Å². The number of nitrogens with zero attached hydrogens (tertiary/aromatic N) is 4. The first-order valence-electron chi connectivity index (χ1n) is 7.82. The molecule has 1 radical (unpaired) electrons. The fraction of sp³-hybridized carbons (Fsp3) is 0. The van der Waals surface area contributed by atoms with Crippen LogP contribution in [0.1, 0.15) is 10.5 Å². The van der Waals surface area contributed by atoms with Crippen molar-refractivity contribution in [2.75, 3.05) is 0 Å². The molecule has 7 heteroatoms. The Morgan fingerprint density at radius 2 is 1.70 bits per heavy atom. The van der Waals surface area contributed by atoms with Crippen molar-refractivity contribution in [2.24, 2.45) is 0 Å². The van der Waals surface area contributed by atoms with E-state index in [0.717, 1.165) is 17.1 Å². The molecule has 0 amide bonds. The summed E-state index contributed by atoms with van der Waals surface area (Å²) in [4.78, 5) is 13.7. The number of hydrogen-bond donors (Lipinski definition) is 1. The number of pyridine rings is 1. The van der Waals surface area contributed by atoms with Crippen LogP contribution in [-0.2, 0) is 20.1 Å². The second-order valence-corrected chi connectivity index (χ2v) is 5.16. The van der Waals surface area contributed by atoms with Gasteiger partial charge >= 0.3 is 5.97 Å². The number of rotatable bonds is 3. The van der Waals surface area contributed by atoms with E-state index in [-0.39, 0.29) is 25.8 Å². The molecule has 137 valence electrons. The number of carbonyl (C=O) groups is 1. The van der Waals surface area contributed by atoms with Crippen molar-refractivity contribution >= 4 is 5.97 Å². The zero-order valence-corrected chi connectivity index (χ0v) is 16.5. The molecule has 1 N–H and O–H groups in total. The molecule has 0 fully saturated rings. The maximum Gasteiger partial charge on any atom is 0.354 e. The fourth-order valence-corrected chi connectivity index (χ4v) is 2.22. The van der Waals surface area contributed by atoms with Crippen LogP contribution in [0.3, 0.4) is 0 Å². The molecule has 0 aliphatic rings. The van der Waals surface area contributed by atoms with Crippen LogP contribution in [0.4, 0.5) is 0 Å². The molecule has 2 heterocycles. The molecule has 27 heavy (non-hydrogen) atoms. The summed E-state index contributed by atoms with van der Waals surface area (Å²) in [6, 6.07) is 25.7. The molecule has 0 unspecified atom stereocenters. The van der Waals surface area contributed by atoms with Crippen molar-refractivity contribution in [1.82, 2.24) is 19.7 Å². The minimum atomic E-state index is -0.990. The average molecular weight is 536 g/mol. The molecule has 0 aliphatic heterocycles. The first kappa shape index (κ1) is 20.2. The molecule has 2 aromatic heterocycles. The fourth-order valence-electron chi connectivity index (χ4n) is 2.22. The van der Waals surface area contributed by atoms with Gasteiger partial charge in [-0.1, -0.05) is 24.3 Å². The van der Waals surface area contributed by atoms with Gasteiger partial charge in [0.1, 0.15) is 12.0 Å². The Labute approximate surface area is 169 Å². The summed E-state index contributed by atoms with van der Waals surface area (Å²) in [5, 5.41) is 16.4. The van der Waals surface area contributed by atoms with Crippen LogP contribution < -0.4 is 0 Å². The molecule has 4 aromatic rings.